The number of ether oxygens (including phenoxy) is 1. The third-order valence-corrected chi connectivity index (χ3v) is 2.84. The molecule has 0 bridgehead atoms. The van der Waals surface area contributed by atoms with E-state index in [1.54, 1.807) is 24.1 Å². The van der Waals surface area contributed by atoms with Crippen molar-refractivity contribution in [2.24, 2.45) is 0 Å². The monoisotopic (exact) mass is 244 g/mol. The van der Waals surface area contributed by atoms with Crippen molar-refractivity contribution in [3.63, 3.8) is 0 Å². The summed E-state index contributed by atoms with van der Waals surface area (Å²) in [5.41, 5.74) is 1.42. The highest BCUT2D eigenvalue weighted by atomic mass is 16.5. The fourth-order valence-electron chi connectivity index (χ4n) is 1.89. The van der Waals surface area contributed by atoms with E-state index in [-0.39, 0.29) is 5.78 Å². The minimum atomic E-state index is -0.413. The molecular weight excluding hydrogens is 228 g/mol. The van der Waals surface area contributed by atoms with Crippen LogP contribution in [0.5, 0.6) is 0 Å². The van der Waals surface area contributed by atoms with Gasteiger partial charge in [0, 0.05) is 7.11 Å². The predicted octanol–water partition coefficient (Wildman–Crippen LogP) is 2.48. The summed E-state index contributed by atoms with van der Waals surface area (Å²) >= 11 is 0. The Hall–Kier alpha value is -1.94. The van der Waals surface area contributed by atoms with Crippen molar-refractivity contribution in [2.45, 2.75) is 19.4 Å². The van der Waals surface area contributed by atoms with Crippen LogP contribution in [0.15, 0.2) is 42.6 Å². The summed E-state index contributed by atoms with van der Waals surface area (Å²) in [5.74, 6) is -0.0404. The Labute approximate surface area is 106 Å². The van der Waals surface area contributed by atoms with Gasteiger partial charge in [-0.25, -0.2) is 4.68 Å². The number of hydrogen-bond donors (Lipinski definition) is 0. The van der Waals surface area contributed by atoms with E-state index in [1.165, 1.54) is 0 Å². The summed E-state index contributed by atoms with van der Waals surface area (Å²) in [6.07, 6.45) is 1.86. The lowest BCUT2D eigenvalue weighted by Gasteiger charge is -2.13. The number of aromatic nitrogens is 2. The second kappa shape index (κ2) is 5.60. The van der Waals surface area contributed by atoms with Gasteiger partial charge >= 0.3 is 0 Å². The van der Waals surface area contributed by atoms with E-state index >= 15 is 0 Å². The van der Waals surface area contributed by atoms with Crippen molar-refractivity contribution in [1.29, 1.82) is 0 Å². The molecule has 0 fully saturated rings. The Morgan fingerprint density at radius 2 is 2.06 bits per heavy atom. The van der Waals surface area contributed by atoms with E-state index in [4.69, 9.17) is 4.74 Å². The average molecular weight is 244 g/mol. The molecule has 0 spiro atoms. The third-order valence-electron chi connectivity index (χ3n) is 2.84. The van der Waals surface area contributed by atoms with Crippen molar-refractivity contribution < 1.29 is 9.53 Å². The Kier molecular flexibility index (Phi) is 3.89. The molecule has 0 aliphatic rings. The molecule has 1 unspecified atom stereocenters. The number of nitrogens with zero attached hydrogens (tertiary/aromatic N) is 2. The molecule has 4 nitrogen and oxygen atoms in total. The van der Waals surface area contributed by atoms with E-state index in [9.17, 15) is 4.79 Å². The highest BCUT2D eigenvalue weighted by Gasteiger charge is 2.21. The highest BCUT2D eigenvalue weighted by molar-refractivity contribution is 5.98. The van der Waals surface area contributed by atoms with Crippen molar-refractivity contribution in [1.82, 2.24) is 9.78 Å². The predicted molar refractivity (Wildman–Crippen MR) is 69.0 cm³/mol. The summed E-state index contributed by atoms with van der Waals surface area (Å²) in [4.78, 5) is 12.3. The van der Waals surface area contributed by atoms with Gasteiger partial charge in [-0.1, -0.05) is 25.1 Å². The van der Waals surface area contributed by atoms with Gasteiger partial charge in [0.1, 0.15) is 11.8 Å². The second-order valence-electron chi connectivity index (χ2n) is 3.96. The molecule has 1 heterocycles. The molecule has 0 aliphatic carbocycles. The van der Waals surface area contributed by atoms with Crippen LogP contribution in [-0.2, 0) is 4.74 Å². The van der Waals surface area contributed by atoms with Gasteiger partial charge in [-0.2, -0.15) is 5.10 Å². The van der Waals surface area contributed by atoms with Crippen LogP contribution in [0.25, 0.3) is 5.69 Å². The number of methoxy groups -OCH3 is 1. The van der Waals surface area contributed by atoms with Crippen LogP contribution < -0.4 is 0 Å². The zero-order chi connectivity index (χ0) is 13.0. The topological polar surface area (TPSA) is 44.1 Å². The molecule has 1 atom stereocenters. The quantitative estimate of drug-likeness (QED) is 0.759. The SMILES string of the molecule is CCC(OC)C(=O)c1ccnn1-c1ccccc1. The molecule has 0 amide bonds. The largest absolute Gasteiger partial charge is 0.373 e. The second-order valence-corrected chi connectivity index (χ2v) is 3.96. The molecule has 0 saturated carbocycles. The van der Waals surface area contributed by atoms with Crippen molar-refractivity contribution in [3.05, 3.63) is 48.3 Å². The van der Waals surface area contributed by atoms with E-state index in [2.05, 4.69) is 5.10 Å². The first-order chi connectivity index (χ1) is 8.77. The van der Waals surface area contributed by atoms with Crippen LogP contribution in [0, 0.1) is 0 Å². The minimum Gasteiger partial charge on any atom is -0.373 e. The van der Waals surface area contributed by atoms with E-state index in [0.29, 0.717) is 12.1 Å². The number of hydrogen-bond acceptors (Lipinski definition) is 3. The van der Waals surface area contributed by atoms with Crippen LogP contribution in [0.3, 0.4) is 0 Å². The first kappa shape index (κ1) is 12.5. The molecule has 18 heavy (non-hydrogen) atoms. The molecule has 94 valence electrons. The molecule has 0 aliphatic heterocycles. The van der Waals surface area contributed by atoms with Gasteiger partial charge in [0.15, 0.2) is 0 Å². The summed E-state index contributed by atoms with van der Waals surface area (Å²) in [5, 5.41) is 4.20. The molecule has 4 heteroatoms. The Bertz CT molecular complexity index is 516. The van der Waals surface area contributed by atoms with Crippen molar-refractivity contribution in [3.8, 4) is 5.69 Å². The lowest BCUT2D eigenvalue weighted by Crippen LogP contribution is -2.24. The van der Waals surface area contributed by atoms with Crippen LogP contribution in [-0.4, -0.2) is 28.8 Å². The summed E-state index contributed by atoms with van der Waals surface area (Å²) in [7, 11) is 1.55. The number of carbonyl (C=O) groups is 1. The van der Waals surface area contributed by atoms with Crippen LogP contribution in [0.1, 0.15) is 23.8 Å². The van der Waals surface area contributed by atoms with E-state index in [0.717, 1.165) is 5.69 Å². The summed E-state index contributed by atoms with van der Waals surface area (Å²) in [6.45, 7) is 1.93. The average Bonchev–Trinajstić information content (AvgIpc) is 2.90. The smallest absolute Gasteiger partial charge is 0.209 e. The van der Waals surface area contributed by atoms with E-state index < -0.39 is 6.10 Å². The molecule has 0 saturated heterocycles. The van der Waals surface area contributed by atoms with Gasteiger partial charge in [0.25, 0.3) is 0 Å². The molecule has 2 aromatic rings. The molecule has 0 N–H and O–H groups in total. The van der Waals surface area contributed by atoms with Crippen LogP contribution in [0.2, 0.25) is 0 Å². The fourth-order valence-corrected chi connectivity index (χ4v) is 1.89. The maximum atomic E-state index is 12.3. The van der Waals surface area contributed by atoms with Crippen LogP contribution >= 0.6 is 0 Å². The number of ketones is 1. The number of benzene rings is 1. The fraction of sp³-hybridized carbons (Fsp3) is 0.286. The van der Waals surface area contributed by atoms with Crippen molar-refractivity contribution in [2.75, 3.05) is 7.11 Å². The Morgan fingerprint density at radius 1 is 1.33 bits per heavy atom. The van der Waals surface area contributed by atoms with Gasteiger partial charge in [-0.3, -0.25) is 4.79 Å². The summed E-state index contributed by atoms with van der Waals surface area (Å²) < 4.78 is 6.83. The molecule has 1 aromatic carbocycles. The normalized spacial score (nSPS) is 12.3. The maximum absolute atomic E-state index is 12.3. The lowest BCUT2D eigenvalue weighted by molar-refractivity contribution is 0.0587. The van der Waals surface area contributed by atoms with Gasteiger partial charge in [0.05, 0.1) is 11.9 Å². The first-order valence-electron chi connectivity index (χ1n) is 5.94. The first-order valence-corrected chi connectivity index (χ1v) is 5.94. The number of Topliss-reactive ketones (excluding diaryl/α,β-unsaturated/α-hetero) is 1. The number of rotatable bonds is 5. The highest BCUT2D eigenvalue weighted by Crippen LogP contribution is 2.13. The number of carbonyl (C=O) groups excluding carboxylic acids is 1. The van der Waals surface area contributed by atoms with Gasteiger partial charge in [-0.15, -0.1) is 0 Å². The number of para-hydroxylation sites is 1. The molecule has 1 aromatic heterocycles. The minimum absolute atomic E-state index is 0.0404. The standard InChI is InChI=1S/C14H16N2O2/c1-3-13(18-2)14(17)12-9-10-15-16(12)11-7-5-4-6-8-11/h4-10,13H,3H2,1-2H3. The Balaban J connectivity index is 2.37. The third kappa shape index (κ3) is 2.33. The zero-order valence-corrected chi connectivity index (χ0v) is 10.5. The van der Waals surface area contributed by atoms with E-state index in [1.807, 2.05) is 37.3 Å². The van der Waals surface area contributed by atoms with Crippen LogP contribution in [0.4, 0.5) is 0 Å². The summed E-state index contributed by atoms with van der Waals surface area (Å²) in [6, 6.07) is 11.3. The van der Waals surface area contributed by atoms with Gasteiger partial charge in [-0.05, 0) is 24.6 Å². The maximum Gasteiger partial charge on any atom is 0.209 e. The molecule has 2 rings (SSSR count). The van der Waals surface area contributed by atoms with Gasteiger partial charge in [0.2, 0.25) is 5.78 Å². The zero-order valence-electron chi connectivity index (χ0n) is 10.5. The lowest BCUT2D eigenvalue weighted by atomic mass is 10.1. The Morgan fingerprint density at radius 3 is 2.67 bits per heavy atom. The van der Waals surface area contributed by atoms with Gasteiger partial charge < -0.3 is 4.74 Å². The molecule has 0 radical (unpaired) electrons. The molecular formula is C14H16N2O2. The van der Waals surface area contributed by atoms with Crippen molar-refractivity contribution >= 4 is 5.78 Å².